The van der Waals surface area contributed by atoms with Crippen LogP contribution >= 0.6 is 0 Å². The van der Waals surface area contributed by atoms with Gasteiger partial charge in [0.2, 0.25) is 5.91 Å². The molecule has 2 N–H and O–H groups in total. The molecule has 1 saturated heterocycles. The second kappa shape index (κ2) is 12.0. The Morgan fingerprint density at radius 2 is 1.49 bits per heavy atom. The van der Waals surface area contributed by atoms with Crippen LogP contribution in [0, 0.1) is 0 Å². The monoisotopic (exact) mass is 501 g/mol. The highest BCUT2D eigenvalue weighted by Gasteiger charge is 2.35. The predicted molar refractivity (Wildman–Crippen MR) is 144 cm³/mol. The van der Waals surface area contributed by atoms with Crippen molar-refractivity contribution in [1.29, 1.82) is 0 Å². The molecule has 1 fully saturated rings. The van der Waals surface area contributed by atoms with Crippen LogP contribution in [-0.2, 0) is 17.9 Å². The summed E-state index contributed by atoms with van der Waals surface area (Å²) >= 11 is 0. The number of carboxylic acids is 1. The highest BCUT2D eigenvalue weighted by Crippen LogP contribution is 2.22. The van der Waals surface area contributed by atoms with E-state index in [-0.39, 0.29) is 5.91 Å². The van der Waals surface area contributed by atoms with Crippen molar-refractivity contribution in [2.45, 2.75) is 38.9 Å². The molecule has 0 aliphatic carbocycles. The van der Waals surface area contributed by atoms with E-state index in [2.05, 4.69) is 15.1 Å². The number of amides is 1. The zero-order valence-electron chi connectivity index (χ0n) is 21.5. The number of hydrogen-bond acceptors (Lipinski definition) is 5. The first-order valence-corrected chi connectivity index (χ1v) is 12.7. The summed E-state index contributed by atoms with van der Waals surface area (Å²) in [6.07, 6.45) is 0.965. The number of nitrogens with one attached hydrogen (secondary N) is 1. The molecule has 3 aromatic rings. The molecule has 7 nitrogen and oxygen atoms in total. The van der Waals surface area contributed by atoms with Gasteiger partial charge in [0.05, 0.1) is 11.1 Å². The van der Waals surface area contributed by atoms with Crippen LogP contribution < -0.4 is 10.1 Å². The fourth-order valence-electron chi connectivity index (χ4n) is 4.54. The van der Waals surface area contributed by atoms with Crippen molar-refractivity contribution in [3.8, 4) is 11.5 Å². The van der Waals surface area contributed by atoms with Gasteiger partial charge in [-0.1, -0.05) is 42.5 Å². The van der Waals surface area contributed by atoms with Gasteiger partial charge in [0.1, 0.15) is 11.5 Å². The Morgan fingerprint density at radius 1 is 0.838 bits per heavy atom. The minimum atomic E-state index is -0.911. The largest absolute Gasteiger partial charge is 0.478 e. The van der Waals surface area contributed by atoms with Gasteiger partial charge >= 0.3 is 5.97 Å². The number of carboxylic acid groups (broad SMARTS) is 1. The Kier molecular flexibility index (Phi) is 8.58. The van der Waals surface area contributed by atoms with Gasteiger partial charge in [0.25, 0.3) is 0 Å². The third-order valence-corrected chi connectivity index (χ3v) is 6.90. The van der Waals surface area contributed by atoms with Gasteiger partial charge in [-0.2, -0.15) is 0 Å². The lowest BCUT2D eigenvalue weighted by Crippen LogP contribution is -2.55. The van der Waals surface area contributed by atoms with Crippen LogP contribution in [0.2, 0.25) is 0 Å². The van der Waals surface area contributed by atoms with Gasteiger partial charge in [0.15, 0.2) is 0 Å². The number of carbonyl (C=O) groups excluding carboxylic acids is 1. The van der Waals surface area contributed by atoms with E-state index < -0.39 is 11.5 Å². The van der Waals surface area contributed by atoms with E-state index in [1.807, 2.05) is 80.6 Å². The number of benzene rings is 3. The van der Waals surface area contributed by atoms with Gasteiger partial charge in [-0.05, 0) is 74.3 Å². The van der Waals surface area contributed by atoms with E-state index >= 15 is 0 Å². The number of carbonyl (C=O) groups is 2. The van der Waals surface area contributed by atoms with Crippen molar-refractivity contribution in [2.75, 3.05) is 26.2 Å². The first-order valence-electron chi connectivity index (χ1n) is 12.7. The summed E-state index contributed by atoms with van der Waals surface area (Å²) in [6, 6.07) is 24.5. The Bertz CT molecular complexity index is 1180. The van der Waals surface area contributed by atoms with Gasteiger partial charge in [-0.25, -0.2) is 4.79 Å². The summed E-state index contributed by atoms with van der Waals surface area (Å²) in [4.78, 5) is 28.9. The molecule has 4 rings (SSSR count). The summed E-state index contributed by atoms with van der Waals surface area (Å²) in [5.74, 6) is 0.646. The van der Waals surface area contributed by atoms with Crippen molar-refractivity contribution in [2.24, 2.45) is 0 Å². The first kappa shape index (κ1) is 26.4. The standard InChI is InChI=1S/C30H35N3O4/c1-30(2,29(36)31-21-23-11-15-27(16-12-23)37-26-7-4-3-5-8-26)33-18-6-17-32(19-20-33)22-24-9-13-25(14-10-24)28(34)35/h3-5,7-16H,6,17-22H2,1-2H3,(H,31,36)(H,34,35). The topological polar surface area (TPSA) is 82.1 Å². The SMILES string of the molecule is CC(C)(C(=O)NCc1ccc(Oc2ccccc2)cc1)N1CCCN(Cc2ccc(C(=O)O)cc2)CC1. The average molecular weight is 502 g/mol. The summed E-state index contributed by atoms with van der Waals surface area (Å²) in [5.41, 5.74) is 1.78. The van der Waals surface area contributed by atoms with E-state index in [1.54, 1.807) is 12.1 Å². The van der Waals surface area contributed by atoms with Crippen LogP contribution in [0.3, 0.4) is 0 Å². The Balaban J connectivity index is 1.26. The molecular formula is C30H35N3O4. The van der Waals surface area contributed by atoms with Crippen LogP contribution in [0.5, 0.6) is 11.5 Å². The Labute approximate surface area is 218 Å². The molecular weight excluding hydrogens is 466 g/mol. The van der Waals surface area contributed by atoms with E-state index in [1.165, 1.54) is 0 Å². The fourth-order valence-corrected chi connectivity index (χ4v) is 4.54. The summed E-state index contributed by atoms with van der Waals surface area (Å²) in [6.45, 7) is 8.62. The molecule has 1 aliphatic heterocycles. The van der Waals surface area contributed by atoms with Crippen LogP contribution in [0.25, 0.3) is 0 Å². The normalized spacial score (nSPS) is 15.1. The van der Waals surface area contributed by atoms with Gasteiger partial charge in [-0.3, -0.25) is 14.6 Å². The number of ether oxygens (including phenoxy) is 1. The third kappa shape index (κ3) is 7.18. The smallest absolute Gasteiger partial charge is 0.335 e. The van der Waals surface area contributed by atoms with Gasteiger partial charge in [-0.15, -0.1) is 0 Å². The van der Waals surface area contributed by atoms with Crippen LogP contribution in [0.4, 0.5) is 0 Å². The summed E-state index contributed by atoms with van der Waals surface area (Å²) in [5, 5.41) is 12.2. The molecule has 7 heteroatoms. The highest BCUT2D eigenvalue weighted by atomic mass is 16.5. The minimum absolute atomic E-state index is 0.00909. The molecule has 1 aliphatic rings. The third-order valence-electron chi connectivity index (χ3n) is 6.90. The summed E-state index contributed by atoms with van der Waals surface area (Å²) < 4.78 is 5.84. The Morgan fingerprint density at radius 3 is 2.16 bits per heavy atom. The van der Waals surface area contributed by atoms with Gasteiger partial charge in [0, 0.05) is 32.7 Å². The lowest BCUT2D eigenvalue weighted by Gasteiger charge is -2.36. The maximum Gasteiger partial charge on any atom is 0.335 e. The molecule has 0 saturated carbocycles. The molecule has 37 heavy (non-hydrogen) atoms. The molecule has 1 heterocycles. The van der Waals surface area contributed by atoms with E-state index in [0.29, 0.717) is 12.1 Å². The number of nitrogens with zero attached hydrogens (tertiary/aromatic N) is 2. The second-order valence-electron chi connectivity index (χ2n) is 9.92. The maximum absolute atomic E-state index is 13.2. The fraction of sp³-hybridized carbons (Fsp3) is 0.333. The van der Waals surface area contributed by atoms with E-state index in [4.69, 9.17) is 9.84 Å². The van der Waals surface area contributed by atoms with E-state index in [0.717, 1.165) is 61.8 Å². The quantitative estimate of drug-likeness (QED) is 0.439. The van der Waals surface area contributed by atoms with Gasteiger partial charge < -0.3 is 15.2 Å². The lowest BCUT2D eigenvalue weighted by molar-refractivity contribution is -0.131. The molecule has 0 bridgehead atoms. The van der Waals surface area contributed by atoms with Crippen molar-refractivity contribution < 1.29 is 19.4 Å². The molecule has 194 valence electrons. The first-order chi connectivity index (χ1) is 17.8. The molecule has 0 spiro atoms. The minimum Gasteiger partial charge on any atom is -0.478 e. The van der Waals surface area contributed by atoms with Crippen molar-refractivity contribution >= 4 is 11.9 Å². The molecule has 0 atom stereocenters. The zero-order chi connectivity index (χ0) is 26.3. The van der Waals surface area contributed by atoms with Crippen LogP contribution in [-0.4, -0.2) is 58.5 Å². The Hall–Kier alpha value is -3.68. The number of rotatable bonds is 9. The second-order valence-corrected chi connectivity index (χ2v) is 9.92. The number of hydrogen-bond donors (Lipinski definition) is 2. The average Bonchev–Trinajstić information content (AvgIpc) is 3.15. The van der Waals surface area contributed by atoms with Crippen LogP contribution in [0.15, 0.2) is 78.9 Å². The zero-order valence-corrected chi connectivity index (χ0v) is 21.5. The van der Waals surface area contributed by atoms with Crippen molar-refractivity contribution in [1.82, 2.24) is 15.1 Å². The highest BCUT2D eigenvalue weighted by molar-refractivity contribution is 5.87. The number of aromatic carboxylic acids is 1. The van der Waals surface area contributed by atoms with E-state index in [9.17, 15) is 9.59 Å². The maximum atomic E-state index is 13.2. The molecule has 0 radical (unpaired) electrons. The lowest BCUT2D eigenvalue weighted by atomic mass is 10.0. The molecule has 3 aromatic carbocycles. The molecule has 0 unspecified atom stereocenters. The molecule has 0 aromatic heterocycles. The predicted octanol–water partition coefficient (Wildman–Crippen LogP) is 4.78. The molecule has 1 amide bonds. The number of para-hydroxylation sites is 1. The van der Waals surface area contributed by atoms with Crippen LogP contribution in [0.1, 0.15) is 41.8 Å². The van der Waals surface area contributed by atoms with Crippen molar-refractivity contribution in [3.05, 3.63) is 95.6 Å². The van der Waals surface area contributed by atoms with Crippen molar-refractivity contribution in [3.63, 3.8) is 0 Å². The summed E-state index contributed by atoms with van der Waals surface area (Å²) in [7, 11) is 0.